The van der Waals surface area contributed by atoms with E-state index in [0.717, 1.165) is 11.3 Å². The quantitative estimate of drug-likeness (QED) is 0.114. The van der Waals surface area contributed by atoms with Crippen LogP contribution in [0, 0.1) is 5.92 Å². The average molecular weight is 869 g/mol. The number of carbonyl (C=O) groups is 2. The van der Waals surface area contributed by atoms with E-state index in [2.05, 4.69) is 0 Å². The zero-order valence-corrected chi connectivity index (χ0v) is 38.4. The highest BCUT2D eigenvalue weighted by atomic mass is 16.6. The number of hydrogen-bond acceptors (Lipinski definition) is 16. The van der Waals surface area contributed by atoms with Crippen molar-refractivity contribution in [3.8, 4) is 5.75 Å². The molecule has 4 N–H and O–H groups in total. The molecule has 1 aromatic heterocycles. The summed E-state index contributed by atoms with van der Waals surface area (Å²) in [5.41, 5.74) is -3.24. The van der Waals surface area contributed by atoms with Gasteiger partial charge in [-0.3, -0.25) is 0 Å². The molecule has 2 aliphatic heterocycles. The van der Waals surface area contributed by atoms with Crippen molar-refractivity contribution in [1.29, 1.82) is 0 Å². The molecule has 2 fully saturated rings. The van der Waals surface area contributed by atoms with Gasteiger partial charge >= 0.3 is 5.97 Å². The first-order valence-corrected chi connectivity index (χ1v) is 20.8. The summed E-state index contributed by atoms with van der Waals surface area (Å²) >= 11 is 0. The normalized spacial score (nSPS) is 27.7. The third kappa shape index (κ3) is 14.2. The van der Waals surface area contributed by atoms with E-state index in [9.17, 15) is 30.0 Å². The zero-order valence-electron chi connectivity index (χ0n) is 38.4. The Bertz CT molecular complexity index is 1600. The Morgan fingerprint density at radius 2 is 1.36 bits per heavy atom. The van der Waals surface area contributed by atoms with Crippen molar-refractivity contribution in [3.63, 3.8) is 0 Å². The third-order valence-electron chi connectivity index (χ3n) is 11.0. The molecule has 10 atom stereocenters. The van der Waals surface area contributed by atoms with E-state index in [0.29, 0.717) is 18.7 Å². The molecule has 348 valence electrons. The highest BCUT2D eigenvalue weighted by Gasteiger charge is 2.56. The van der Waals surface area contributed by atoms with Crippen molar-refractivity contribution in [2.75, 3.05) is 20.8 Å². The fourth-order valence-electron chi connectivity index (χ4n) is 6.99. The first-order chi connectivity index (χ1) is 28.3. The first kappa shape index (κ1) is 52.3. The fourth-order valence-corrected chi connectivity index (χ4v) is 6.99. The molecule has 61 heavy (non-hydrogen) atoms. The predicted octanol–water partition coefficient (Wildman–Crippen LogP) is 4.32. The number of aldehydes is 1. The first-order valence-electron chi connectivity index (χ1n) is 20.8. The molecule has 0 aliphatic carbocycles. The van der Waals surface area contributed by atoms with Gasteiger partial charge in [0.15, 0.2) is 12.4 Å². The molecule has 2 aliphatic rings. The number of aliphatic hydroxyl groups excluding tert-OH is 4. The summed E-state index contributed by atoms with van der Waals surface area (Å²) in [4.78, 5) is 25.6. The Morgan fingerprint density at radius 1 is 0.770 bits per heavy atom. The number of esters is 1. The van der Waals surface area contributed by atoms with E-state index in [1.165, 1.54) is 6.26 Å². The molecule has 8 unspecified atom stereocenters. The Hall–Kier alpha value is -3.00. The highest BCUT2D eigenvalue weighted by molar-refractivity contribution is 5.76. The number of ether oxygens (including phenoxy) is 9. The van der Waals surface area contributed by atoms with Crippen LogP contribution in [-0.4, -0.2) is 143 Å². The number of furan rings is 1. The van der Waals surface area contributed by atoms with Gasteiger partial charge in [0.1, 0.15) is 73.1 Å². The summed E-state index contributed by atoms with van der Waals surface area (Å²) in [6.07, 6.45) is -11.8. The van der Waals surface area contributed by atoms with Crippen LogP contribution in [0.4, 0.5) is 0 Å². The SMILES string of the molecule is CC(C)OC(C)(C)C1OC(C=O)[C@@H](OC(C)(C)COC(C)(C)C2OC(C(=O)OCc3ccco3)[C@@H](OC(C)(C)C(C)C)C(O)C2O)C(O)C1O.COCc1ccc(OC)cc1. The second kappa shape index (κ2) is 22.1. The van der Waals surface area contributed by atoms with E-state index in [4.69, 9.17) is 47.0 Å². The van der Waals surface area contributed by atoms with Crippen LogP contribution in [0.1, 0.15) is 94.4 Å². The summed E-state index contributed by atoms with van der Waals surface area (Å²) in [6.45, 7) is 21.4. The van der Waals surface area contributed by atoms with Crippen LogP contribution in [-0.2, 0) is 60.7 Å². The minimum atomic E-state index is -1.57. The molecule has 2 saturated heterocycles. The van der Waals surface area contributed by atoms with Gasteiger partial charge in [0.05, 0.1) is 55.1 Å². The van der Waals surface area contributed by atoms with Gasteiger partial charge in [-0.25, -0.2) is 4.79 Å². The summed E-state index contributed by atoms with van der Waals surface area (Å²) in [5, 5.41) is 44.9. The Kier molecular flexibility index (Phi) is 18.9. The van der Waals surface area contributed by atoms with Gasteiger partial charge in [0, 0.05) is 7.11 Å². The topological polar surface area (TPSA) is 211 Å². The van der Waals surface area contributed by atoms with Crippen molar-refractivity contribution in [1.82, 2.24) is 0 Å². The third-order valence-corrected chi connectivity index (χ3v) is 11.0. The van der Waals surface area contributed by atoms with Crippen LogP contribution in [0.3, 0.4) is 0 Å². The Balaban J connectivity index is 0.000000779. The molecule has 16 heteroatoms. The van der Waals surface area contributed by atoms with Crippen LogP contribution < -0.4 is 4.74 Å². The van der Waals surface area contributed by atoms with Crippen molar-refractivity contribution >= 4 is 12.3 Å². The lowest BCUT2D eigenvalue weighted by Crippen LogP contribution is -2.67. The summed E-state index contributed by atoms with van der Waals surface area (Å²) in [6, 6.07) is 11.1. The van der Waals surface area contributed by atoms with Crippen LogP contribution >= 0.6 is 0 Å². The lowest BCUT2D eigenvalue weighted by atomic mass is 9.85. The van der Waals surface area contributed by atoms with E-state index in [-0.39, 0.29) is 25.2 Å². The van der Waals surface area contributed by atoms with Crippen LogP contribution in [0.15, 0.2) is 47.1 Å². The molecule has 0 saturated carbocycles. The van der Waals surface area contributed by atoms with Crippen LogP contribution in [0.2, 0.25) is 0 Å². The molecule has 0 amide bonds. The number of carbonyl (C=O) groups excluding carboxylic acids is 2. The van der Waals surface area contributed by atoms with Gasteiger partial charge < -0.3 is 72.3 Å². The van der Waals surface area contributed by atoms with Gasteiger partial charge in [-0.05, 0) is 105 Å². The lowest BCUT2D eigenvalue weighted by Gasteiger charge is -2.50. The number of methoxy groups -OCH3 is 2. The standard InChI is InChI=1S/C36H60O14.C9H12O2/c1-19(2)34(7,8)50-28-24(39)26(41)30(47-29(28)32(42)44-17-21-14-13-15-43-21)35(9,10)45-18-33(5,6)49-27-22(16-37)46-31(25(40)23(27)38)36(11,12)48-20(3)4;1-10-7-8-3-5-9(11-2)6-4-8/h13-16,19-20,22-31,38-41H,17-18H2,1-12H3;3-6H,7H2,1-2H3/t22?,23?,24?,25?,26?,27-,28+,29?,30?,31?;/m1./s1. The van der Waals surface area contributed by atoms with Crippen molar-refractivity contribution in [2.45, 2.75) is 186 Å². The summed E-state index contributed by atoms with van der Waals surface area (Å²) < 4.78 is 57.4. The minimum absolute atomic E-state index is 0.0230. The van der Waals surface area contributed by atoms with Gasteiger partial charge in [0.25, 0.3) is 0 Å². The van der Waals surface area contributed by atoms with Crippen molar-refractivity contribution in [2.24, 2.45) is 5.92 Å². The number of aliphatic hydroxyl groups is 4. The molecular formula is C45H72O16. The second-order valence-corrected chi connectivity index (χ2v) is 18.4. The Labute approximate surface area is 361 Å². The monoisotopic (exact) mass is 868 g/mol. The predicted molar refractivity (Wildman–Crippen MR) is 223 cm³/mol. The molecule has 0 radical (unpaired) electrons. The molecule has 0 bridgehead atoms. The van der Waals surface area contributed by atoms with Gasteiger partial charge in [-0.15, -0.1) is 0 Å². The maximum absolute atomic E-state index is 13.5. The van der Waals surface area contributed by atoms with Crippen LogP contribution in [0.25, 0.3) is 0 Å². The fraction of sp³-hybridized carbons (Fsp3) is 0.733. The van der Waals surface area contributed by atoms with Crippen LogP contribution in [0.5, 0.6) is 5.75 Å². The lowest BCUT2D eigenvalue weighted by molar-refractivity contribution is -0.303. The van der Waals surface area contributed by atoms with E-state index in [1.807, 2.05) is 65.8 Å². The average Bonchev–Trinajstić information content (AvgIpc) is 3.71. The molecule has 3 heterocycles. The smallest absolute Gasteiger partial charge is 0.338 e. The van der Waals surface area contributed by atoms with Gasteiger partial charge in [0.2, 0.25) is 0 Å². The second-order valence-electron chi connectivity index (χ2n) is 18.4. The molecule has 2 aromatic rings. The van der Waals surface area contributed by atoms with E-state index >= 15 is 0 Å². The molecule has 0 spiro atoms. The number of hydrogen-bond donors (Lipinski definition) is 4. The Morgan fingerprint density at radius 3 is 1.87 bits per heavy atom. The van der Waals surface area contributed by atoms with E-state index in [1.54, 1.807) is 67.9 Å². The van der Waals surface area contributed by atoms with E-state index < -0.39 is 89.4 Å². The summed E-state index contributed by atoms with van der Waals surface area (Å²) in [7, 11) is 3.34. The number of rotatable bonds is 19. The highest BCUT2D eigenvalue weighted by Crippen LogP contribution is 2.38. The molecular weight excluding hydrogens is 796 g/mol. The molecule has 16 nitrogen and oxygen atoms in total. The molecule has 1 aromatic carbocycles. The van der Waals surface area contributed by atoms with Gasteiger partial charge in [-0.1, -0.05) is 26.0 Å². The molecule has 4 rings (SSSR count). The maximum atomic E-state index is 13.5. The minimum Gasteiger partial charge on any atom is -0.497 e. The largest absolute Gasteiger partial charge is 0.497 e. The zero-order chi connectivity index (χ0) is 46.1. The van der Waals surface area contributed by atoms with Crippen molar-refractivity contribution < 1.29 is 77.1 Å². The number of benzene rings is 1. The summed E-state index contributed by atoms with van der Waals surface area (Å²) in [5.74, 6) is 0.430. The van der Waals surface area contributed by atoms with Gasteiger partial charge in [-0.2, -0.15) is 0 Å². The maximum Gasteiger partial charge on any atom is 0.338 e. The van der Waals surface area contributed by atoms with Crippen molar-refractivity contribution in [3.05, 3.63) is 54.0 Å².